The topological polar surface area (TPSA) is 0 Å². The molecule has 4 rings (SSSR count). The van der Waals surface area contributed by atoms with Crippen molar-refractivity contribution in [1.29, 1.82) is 0 Å². The summed E-state index contributed by atoms with van der Waals surface area (Å²) in [5.41, 5.74) is 9.03. The van der Waals surface area contributed by atoms with Gasteiger partial charge in [-0.2, -0.15) is 47.5 Å². The van der Waals surface area contributed by atoms with E-state index in [4.69, 9.17) is 0 Å². The maximum atomic E-state index is 3.53. The first-order chi connectivity index (χ1) is 15.0. The molecule has 1 aliphatic carbocycles. The van der Waals surface area contributed by atoms with Crippen LogP contribution in [0.4, 0.5) is 0 Å². The predicted octanol–water partition coefficient (Wildman–Crippen LogP) is 2.63. The molecule has 0 radical (unpaired) electrons. The number of hydrogen-bond acceptors (Lipinski definition) is 0. The summed E-state index contributed by atoms with van der Waals surface area (Å²) in [7, 11) is 0. The number of fused-ring (bicyclic) bond motifs is 3. The second kappa shape index (κ2) is 14.9. The van der Waals surface area contributed by atoms with Gasteiger partial charge in [-0.05, 0) is 17.4 Å². The molecular formula is C30H40Cl2HfSi-2. The Morgan fingerprint density at radius 2 is 1.38 bits per heavy atom. The van der Waals surface area contributed by atoms with Crippen molar-refractivity contribution in [2.45, 2.75) is 84.7 Å². The van der Waals surface area contributed by atoms with E-state index in [0.717, 1.165) is 6.42 Å². The molecule has 0 spiro atoms. The van der Waals surface area contributed by atoms with Crippen LogP contribution < -0.4 is 24.8 Å². The molecule has 0 saturated carbocycles. The Hall–Kier alpha value is -0.543. The number of rotatable bonds is 2. The van der Waals surface area contributed by atoms with E-state index in [0.29, 0.717) is 0 Å². The van der Waals surface area contributed by atoms with Crippen LogP contribution in [0.15, 0.2) is 60.7 Å². The zero-order valence-electron chi connectivity index (χ0n) is 22.2. The van der Waals surface area contributed by atoms with E-state index in [1.807, 2.05) is 30.3 Å². The molecule has 184 valence electrons. The van der Waals surface area contributed by atoms with Gasteiger partial charge >= 0.3 is 54.4 Å². The van der Waals surface area contributed by atoms with Gasteiger partial charge in [0.05, 0.1) is 0 Å². The van der Waals surface area contributed by atoms with E-state index in [1.165, 1.54) is 68.5 Å². The fourth-order valence-corrected chi connectivity index (χ4v) is 4.06. The van der Waals surface area contributed by atoms with E-state index >= 15 is 0 Å². The summed E-state index contributed by atoms with van der Waals surface area (Å²) in [5, 5.41) is 0. The van der Waals surface area contributed by atoms with Crippen LogP contribution >= 0.6 is 0 Å². The number of benzene rings is 2. The van der Waals surface area contributed by atoms with Crippen molar-refractivity contribution in [3.63, 3.8) is 0 Å². The van der Waals surface area contributed by atoms with Crippen LogP contribution in [-0.2, 0) is 40.3 Å². The fraction of sp³-hybridized carbons (Fsp3) is 0.433. The van der Waals surface area contributed by atoms with Crippen LogP contribution in [0.5, 0.6) is 0 Å². The normalized spacial score (nSPS) is 11.4. The van der Waals surface area contributed by atoms with Crippen LogP contribution in [0, 0.1) is 6.07 Å². The molecule has 34 heavy (non-hydrogen) atoms. The maximum absolute atomic E-state index is 3.53. The summed E-state index contributed by atoms with van der Waals surface area (Å²) in [4.78, 5) is 0. The standard InChI is InChI=1S/C21H25.C5H5.C4H10Si.2ClH.Hf/c1-20(2,3)16-9-7-14-11-15-8-10-17(21(4,5)6)13-19(15)18(14)12-16;1-2-4-5-3-1;1-3-5-4-2;;;/h7,9-10,12-13H,11H2,1-6H3;1-5H;3-4H2,1-2H3;2*1H;/q2*-1;;;;+2/p-2. The van der Waals surface area contributed by atoms with E-state index < -0.39 is 0 Å². The monoisotopic (exact) mass is 678 g/mol. The first-order valence-corrected chi connectivity index (χ1v) is 19.2. The van der Waals surface area contributed by atoms with E-state index in [1.54, 1.807) is 0 Å². The van der Waals surface area contributed by atoms with Crippen molar-refractivity contribution in [3.8, 4) is 11.1 Å². The molecule has 0 fully saturated rings. The van der Waals surface area contributed by atoms with Crippen LogP contribution in [0.3, 0.4) is 0 Å². The van der Waals surface area contributed by atoms with Crippen molar-refractivity contribution in [1.82, 2.24) is 0 Å². The second-order valence-electron chi connectivity index (χ2n) is 10.6. The maximum Gasteiger partial charge on any atom is -0.172 e. The Morgan fingerprint density at radius 3 is 1.79 bits per heavy atom. The molecule has 0 aliphatic heterocycles. The summed E-state index contributed by atoms with van der Waals surface area (Å²) in [6.45, 7) is 18.3. The van der Waals surface area contributed by atoms with Gasteiger partial charge < -0.3 is 24.8 Å². The Morgan fingerprint density at radius 1 is 0.853 bits per heavy atom. The first kappa shape index (κ1) is 33.5. The molecule has 3 aromatic rings. The first-order valence-electron chi connectivity index (χ1n) is 11.9. The Bertz CT molecular complexity index is 925. The van der Waals surface area contributed by atoms with Gasteiger partial charge in [-0.15, -0.1) is 5.56 Å². The minimum absolute atomic E-state index is 0. The summed E-state index contributed by atoms with van der Waals surface area (Å²) in [6, 6.07) is 28.1. The van der Waals surface area contributed by atoms with Gasteiger partial charge in [0, 0.05) is 0 Å². The Balaban J connectivity index is 0.000000700. The Kier molecular flexibility index (Phi) is 14.6. The van der Waals surface area contributed by atoms with Crippen molar-refractivity contribution < 1.29 is 47.8 Å². The molecule has 3 aromatic carbocycles. The molecule has 0 heterocycles. The fourth-order valence-electron chi connectivity index (χ4n) is 3.56. The molecule has 0 amide bonds. The summed E-state index contributed by atoms with van der Waals surface area (Å²) >= 11 is 1.49. The third-order valence-corrected chi connectivity index (χ3v) is 15.3. The van der Waals surface area contributed by atoms with Gasteiger partial charge in [0.25, 0.3) is 0 Å². The van der Waals surface area contributed by atoms with Gasteiger partial charge in [-0.1, -0.05) is 76.3 Å². The van der Waals surface area contributed by atoms with Crippen LogP contribution in [0.25, 0.3) is 11.1 Å². The van der Waals surface area contributed by atoms with E-state index in [9.17, 15) is 0 Å². The summed E-state index contributed by atoms with van der Waals surface area (Å²) in [6.07, 6.45) is 1.03. The van der Waals surface area contributed by atoms with Crippen LogP contribution in [0.2, 0.25) is 12.1 Å². The van der Waals surface area contributed by atoms with Crippen molar-refractivity contribution >= 4 is 5.49 Å². The van der Waals surface area contributed by atoms with Gasteiger partial charge in [0.2, 0.25) is 0 Å². The molecule has 0 saturated heterocycles. The molecule has 4 heteroatoms. The summed E-state index contributed by atoms with van der Waals surface area (Å²) < 4.78 is 0. The second-order valence-corrected chi connectivity index (χ2v) is 20.8. The Labute approximate surface area is 236 Å². The zero-order valence-corrected chi connectivity index (χ0v) is 28.3. The smallest absolute Gasteiger partial charge is 0.172 e. The average Bonchev–Trinajstić information content (AvgIpc) is 3.43. The van der Waals surface area contributed by atoms with E-state index in [-0.39, 0.29) is 41.1 Å². The largest absolute Gasteiger partial charge is 1.00 e. The third kappa shape index (κ3) is 9.84. The van der Waals surface area contributed by atoms with Gasteiger partial charge in [-0.25, -0.2) is 12.1 Å². The molecule has 0 aromatic heterocycles. The number of hydrogen-bond donors (Lipinski definition) is 0. The molecule has 0 atom stereocenters. The molecule has 0 bridgehead atoms. The molecular weight excluding hydrogens is 638 g/mol. The molecule has 0 N–H and O–H groups in total. The van der Waals surface area contributed by atoms with Gasteiger partial charge in [0.15, 0.2) is 0 Å². The average molecular weight is 678 g/mol. The minimum Gasteiger partial charge on any atom is -1.00 e. The van der Waals surface area contributed by atoms with Gasteiger partial charge in [-0.3, -0.25) is 0 Å². The molecule has 0 nitrogen and oxygen atoms in total. The van der Waals surface area contributed by atoms with Crippen LogP contribution in [0.1, 0.15) is 77.6 Å². The minimum atomic E-state index is 0. The molecule has 0 unspecified atom stereocenters. The van der Waals surface area contributed by atoms with Crippen LogP contribution in [-0.4, -0.2) is 5.49 Å². The SMILES string of the molecule is CC(C)(C)c1c[c-]c2c(c1)-c1cc(C(C)(C)C)ccc1C2.CC[Si](=[Hf+2])CC.[Cl-].[Cl-].c1cc[cH-]c1. The zero-order chi connectivity index (χ0) is 23.9. The predicted molar refractivity (Wildman–Crippen MR) is 140 cm³/mol. The van der Waals surface area contributed by atoms with Crippen molar-refractivity contribution in [2.24, 2.45) is 0 Å². The third-order valence-electron chi connectivity index (χ3n) is 5.94. The summed E-state index contributed by atoms with van der Waals surface area (Å²) in [5.74, 6) is 0. The molecule has 1 aliphatic rings. The number of halogens is 2. The van der Waals surface area contributed by atoms with E-state index in [2.05, 4.69) is 91.8 Å². The van der Waals surface area contributed by atoms with Crippen molar-refractivity contribution in [2.75, 3.05) is 0 Å². The van der Waals surface area contributed by atoms with Crippen molar-refractivity contribution in [3.05, 3.63) is 89.0 Å². The van der Waals surface area contributed by atoms with Gasteiger partial charge in [0.1, 0.15) is 0 Å². The quantitative estimate of drug-likeness (QED) is 0.226.